The molecule has 0 N–H and O–H groups in total. The van der Waals surface area contributed by atoms with Crippen molar-refractivity contribution in [2.45, 2.75) is 31.6 Å². The third kappa shape index (κ3) is 4.02. The van der Waals surface area contributed by atoms with E-state index in [1.165, 1.54) is 18.9 Å². The van der Waals surface area contributed by atoms with Crippen LogP contribution in [0.15, 0.2) is 127 Å². The van der Waals surface area contributed by atoms with Crippen molar-refractivity contribution in [3.8, 4) is 5.75 Å². The van der Waals surface area contributed by atoms with Crippen LogP contribution in [0.25, 0.3) is 11.1 Å². The Balaban J connectivity index is 1.54. The number of ketones is 2. The number of methoxy groups -OCH3 is 1. The number of hydrogen-bond acceptors (Lipinski definition) is 5. The number of hydrogen-bond donors (Lipinski definition) is 0. The quantitative estimate of drug-likeness (QED) is 0.132. The molecule has 1 saturated carbocycles. The molecule has 4 atom stereocenters. The van der Waals surface area contributed by atoms with Crippen molar-refractivity contribution in [2.24, 2.45) is 11.8 Å². The monoisotopic (exact) mass is 657 g/mol. The number of rotatable bonds is 7. The highest BCUT2D eigenvalue weighted by atomic mass is 16.5. The highest BCUT2D eigenvalue weighted by molar-refractivity contribution is 6.39. The van der Waals surface area contributed by atoms with Crippen LogP contribution >= 0.6 is 0 Å². The van der Waals surface area contributed by atoms with Crippen LogP contribution in [-0.4, -0.2) is 30.5 Å². The molecule has 6 nitrogen and oxygen atoms in total. The van der Waals surface area contributed by atoms with Gasteiger partial charge < -0.3 is 4.74 Å². The van der Waals surface area contributed by atoms with Gasteiger partial charge in [-0.1, -0.05) is 120 Å². The van der Waals surface area contributed by atoms with Gasteiger partial charge in [0.05, 0.1) is 35.5 Å². The Morgan fingerprint density at radius 3 is 1.46 bits per heavy atom. The third-order valence-corrected chi connectivity index (χ3v) is 11.0. The number of allylic oxidation sites excluding steroid dienone is 2. The van der Waals surface area contributed by atoms with Gasteiger partial charge in [-0.2, -0.15) is 0 Å². The highest BCUT2D eigenvalue weighted by Gasteiger charge is 2.82. The summed E-state index contributed by atoms with van der Waals surface area (Å²) in [5, 5.41) is 0. The summed E-state index contributed by atoms with van der Waals surface area (Å²) < 4.78 is 5.69. The van der Waals surface area contributed by atoms with E-state index in [0.717, 1.165) is 33.4 Å². The minimum Gasteiger partial charge on any atom is -0.495 e. The topological polar surface area (TPSA) is 80.8 Å². The van der Waals surface area contributed by atoms with E-state index in [9.17, 15) is 4.79 Å². The predicted molar refractivity (Wildman–Crippen MR) is 193 cm³/mol. The van der Waals surface area contributed by atoms with Crippen molar-refractivity contribution < 1.29 is 23.9 Å². The molecule has 5 aromatic carbocycles. The van der Waals surface area contributed by atoms with Gasteiger partial charge in [-0.05, 0) is 72.4 Å². The Morgan fingerprint density at radius 1 is 0.620 bits per heavy atom. The van der Waals surface area contributed by atoms with Crippen molar-refractivity contribution in [3.05, 3.63) is 166 Å². The van der Waals surface area contributed by atoms with Crippen LogP contribution in [0.1, 0.15) is 50.7 Å². The first-order valence-corrected chi connectivity index (χ1v) is 16.8. The molecule has 2 aliphatic carbocycles. The van der Waals surface area contributed by atoms with Crippen molar-refractivity contribution in [1.29, 1.82) is 0 Å². The number of nitrogens with zero attached hydrogens (tertiary/aromatic N) is 1. The van der Waals surface area contributed by atoms with Gasteiger partial charge in [-0.3, -0.25) is 19.2 Å². The van der Waals surface area contributed by atoms with Crippen molar-refractivity contribution in [3.63, 3.8) is 0 Å². The van der Waals surface area contributed by atoms with Gasteiger partial charge in [0, 0.05) is 5.56 Å². The van der Waals surface area contributed by atoms with E-state index in [-0.39, 0.29) is 23.0 Å². The number of anilines is 1. The number of imide groups is 1. The molecule has 0 unspecified atom stereocenters. The molecule has 0 aromatic heterocycles. The average molecular weight is 658 g/mol. The molecule has 3 aliphatic rings. The van der Waals surface area contributed by atoms with Gasteiger partial charge in [0.25, 0.3) is 0 Å². The second kappa shape index (κ2) is 11.3. The number of aryl methyl sites for hydroxylation is 2. The minimum absolute atomic E-state index is 0.186. The van der Waals surface area contributed by atoms with Crippen molar-refractivity contribution >= 4 is 40.2 Å². The zero-order chi connectivity index (χ0) is 34.9. The van der Waals surface area contributed by atoms with Gasteiger partial charge in [-0.15, -0.1) is 0 Å². The van der Waals surface area contributed by atoms with Gasteiger partial charge in [0.2, 0.25) is 11.8 Å². The van der Waals surface area contributed by atoms with Crippen LogP contribution < -0.4 is 9.64 Å². The second-order valence-corrected chi connectivity index (χ2v) is 13.6. The molecule has 2 amide bonds. The largest absolute Gasteiger partial charge is 0.495 e. The standard InChI is InChI=1S/C44H35NO5/c1-26-15-19-29(20-16-26)36-37(30-21-17-27(2)18-22-30)44(33-13-9-6-10-14-33)39-38(43(36,42(44)49)32-11-7-5-8-12-32)40(47)45(41(39)48)34-25-31(28(3)46)23-24-35(34)50-4/h5-25,38-39H,1-4H3/t38-,39-,43-,44-/m1/s1. The molecule has 5 aromatic rings. The number of ether oxygens (including phenoxy) is 1. The average Bonchev–Trinajstić information content (AvgIpc) is 3.64. The maximum atomic E-state index is 16.1. The molecule has 1 heterocycles. The number of amides is 2. The third-order valence-electron chi connectivity index (χ3n) is 11.0. The summed E-state index contributed by atoms with van der Waals surface area (Å²) in [6.45, 7) is 5.46. The van der Waals surface area contributed by atoms with E-state index in [1.54, 1.807) is 18.2 Å². The molecular weight excluding hydrogens is 622 g/mol. The lowest BCUT2D eigenvalue weighted by Gasteiger charge is -2.39. The van der Waals surface area contributed by atoms with E-state index in [4.69, 9.17) is 4.74 Å². The van der Waals surface area contributed by atoms with E-state index in [1.807, 2.05) is 123 Å². The lowest BCUT2D eigenvalue weighted by Crippen LogP contribution is -2.45. The fourth-order valence-electron chi connectivity index (χ4n) is 8.89. The second-order valence-electron chi connectivity index (χ2n) is 13.6. The summed E-state index contributed by atoms with van der Waals surface area (Å²) in [5.74, 6) is -3.28. The Bertz CT molecular complexity index is 2130. The molecular formula is C44H35NO5. The molecule has 1 saturated heterocycles. The van der Waals surface area contributed by atoms with Crippen LogP contribution in [0.5, 0.6) is 5.75 Å². The summed E-state index contributed by atoms with van der Waals surface area (Å²) in [4.78, 5) is 60.5. The Morgan fingerprint density at radius 2 is 1.06 bits per heavy atom. The Kier molecular flexibility index (Phi) is 7.12. The van der Waals surface area contributed by atoms with Crippen molar-refractivity contribution in [2.75, 3.05) is 12.0 Å². The van der Waals surface area contributed by atoms with Crippen LogP contribution in [0.3, 0.4) is 0 Å². The first-order chi connectivity index (χ1) is 24.2. The first kappa shape index (κ1) is 31.4. The molecule has 0 spiro atoms. The first-order valence-electron chi connectivity index (χ1n) is 16.8. The SMILES string of the molecule is COc1ccc(C(C)=O)cc1N1C(=O)[C@H]2[C@H](C1=O)[C@]1(c3ccccc3)C(=O)[C@]2(c2ccccc2)C(c2ccc(C)cc2)=C1c1ccc(C)cc1. The molecule has 246 valence electrons. The van der Waals surface area contributed by atoms with E-state index in [2.05, 4.69) is 0 Å². The summed E-state index contributed by atoms with van der Waals surface area (Å²) in [5.41, 5.74) is 4.00. The van der Waals surface area contributed by atoms with Gasteiger partial charge >= 0.3 is 0 Å². The van der Waals surface area contributed by atoms with Crippen molar-refractivity contribution in [1.82, 2.24) is 0 Å². The van der Waals surface area contributed by atoms with Gasteiger partial charge in [0.1, 0.15) is 5.75 Å². The predicted octanol–water partition coefficient (Wildman–Crippen LogP) is 7.70. The lowest BCUT2D eigenvalue weighted by atomic mass is 9.59. The molecule has 0 radical (unpaired) electrons. The van der Waals surface area contributed by atoms with Crippen LogP contribution in [0, 0.1) is 25.7 Å². The zero-order valence-corrected chi connectivity index (χ0v) is 28.3. The Labute approximate surface area is 291 Å². The van der Waals surface area contributed by atoms with Gasteiger partial charge in [-0.25, -0.2) is 4.90 Å². The molecule has 50 heavy (non-hydrogen) atoms. The summed E-state index contributed by atoms with van der Waals surface area (Å²) in [7, 11) is 1.47. The molecule has 2 fully saturated rings. The van der Waals surface area contributed by atoms with E-state index >= 15 is 14.4 Å². The lowest BCUT2D eigenvalue weighted by molar-refractivity contribution is -0.130. The fraction of sp³-hybridized carbons (Fsp3) is 0.182. The fourth-order valence-corrected chi connectivity index (χ4v) is 8.89. The number of benzene rings is 5. The Hall–Kier alpha value is -5.88. The summed E-state index contributed by atoms with van der Waals surface area (Å²) in [6, 6.07) is 39.8. The smallest absolute Gasteiger partial charge is 0.239 e. The number of carbonyl (C=O) groups excluding carboxylic acids is 4. The normalized spacial score (nSPS) is 23.8. The summed E-state index contributed by atoms with van der Waals surface area (Å²) in [6.07, 6.45) is 0. The van der Waals surface area contributed by atoms with E-state index < -0.39 is 34.5 Å². The van der Waals surface area contributed by atoms with Gasteiger partial charge in [0.15, 0.2) is 11.6 Å². The maximum absolute atomic E-state index is 16.1. The minimum atomic E-state index is -1.52. The van der Waals surface area contributed by atoms with Crippen LogP contribution in [-0.2, 0) is 25.2 Å². The zero-order valence-electron chi connectivity index (χ0n) is 28.3. The number of carbonyl (C=O) groups is 4. The number of Topliss-reactive ketones (excluding diaryl/α,β-unsaturated/α-hetero) is 2. The maximum Gasteiger partial charge on any atom is 0.239 e. The molecule has 1 aliphatic heterocycles. The van der Waals surface area contributed by atoms with E-state index in [0.29, 0.717) is 16.7 Å². The molecule has 8 rings (SSSR count). The highest BCUT2D eigenvalue weighted by Crippen LogP contribution is 2.74. The summed E-state index contributed by atoms with van der Waals surface area (Å²) >= 11 is 0. The van der Waals surface area contributed by atoms with Crippen LogP contribution in [0.2, 0.25) is 0 Å². The molecule has 2 bridgehead atoms. The van der Waals surface area contributed by atoms with Crippen LogP contribution in [0.4, 0.5) is 5.69 Å². The molecule has 6 heteroatoms. The number of fused-ring (bicyclic) bond motifs is 5.